The van der Waals surface area contributed by atoms with E-state index in [2.05, 4.69) is 11.9 Å². The Morgan fingerprint density at radius 1 is 1.36 bits per heavy atom. The van der Waals surface area contributed by atoms with E-state index in [-0.39, 0.29) is 6.04 Å². The number of nitrogens with two attached hydrogens (primary N) is 1. The molecule has 2 heteroatoms. The number of unbranched alkanes of at least 4 members (excludes halogenated alkanes) is 2. The molecular weight excluding hydrogens is 172 g/mol. The van der Waals surface area contributed by atoms with Crippen LogP contribution in [0.4, 0.5) is 0 Å². The first-order valence-electron chi connectivity index (χ1n) is 5.48. The zero-order chi connectivity index (χ0) is 10.2. The van der Waals surface area contributed by atoms with E-state index < -0.39 is 0 Å². The van der Waals surface area contributed by atoms with Gasteiger partial charge in [-0.1, -0.05) is 32.3 Å². The van der Waals surface area contributed by atoms with Gasteiger partial charge in [0, 0.05) is 24.4 Å². The van der Waals surface area contributed by atoms with Gasteiger partial charge in [0.15, 0.2) is 0 Å². The van der Waals surface area contributed by atoms with Crippen molar-refractivity contribution in [2.45, 2.75) is 45.1 Å². The summed E-state index contributed by atoms with van der Waals surface area (Å²) in [5, 5.41) is 0. The van der Waals surface area contributed by atoms with Crippen molar-refractivity contribution >= 4 is 0 Å². The van der Waals surface area contributed by atoms with E-state index in [4.69, 9.17) is 5.73 Å². The highest BCUT2D eigenvalue weighted by Gasteiger charge is 2.03. The van der Waals surface area contributed by atoms with Crippen LogP contribution < -0.4 is 5.73 Å². The zero-order valence-corrected chi connectivity index (χ0v) is 8.95. The molecule has 0 radical (unpaired) electrons. The molecule has 0 aliphatic carbocycles. The minimum absolute atomic E-state index is 0.274. The first-order valence-corrected chi connectivity index (χ1v) is 5.48. The van der Waals surface area contributed by atoms with Crippen molar-refractivity contribution in [3.05, 3.63) is 30.1 Å². The Morgan fingerprint density at radius 3 is 2.86 bits per heavy atom. The lowest BCUT2D eigenvalue weighted by Crippen LogP contribution is -2.23. The van der Waals surface area contributed by atoms with Crippen LogP contribution >= 0.6 is 0 Å². The molecule has 2 nitrogen and oxygen atoms in total. The van der Waals surface area contributed by atoms with Crippen molar-refractivity contribution in [1.82, 2.24) is 4.98 Å². The van der Waals surface area contributed by atoms with Crippen LogP contribution in [0, 0.1) is 0 Å². The third kappa shape index (κ3) is 4.38. The van der Waals surface area contributed by atoms with Gasteiger partial charge in [0.25, 0.3) is 0 Å². The average Bonchev–Trinajstić information content (AvgIpc) is 2.20. The van der Waals surface area contributed by atoms with Gasteiger partial charge in [0.2, 0.25) is 0 Å². The van der Waals surface area contributed by atoms with Gasteiger partial charge >= 0.3 is 0 Å². The van der Waals surface area contributed by atoms with Crippen LogP contribution in [-0.2, 0) is 6.42 Å². The summed E-state index contributed by atoms with van der Waals surface area (Å²) in [7, 11) is 0. The van der Waals surface area contributed by atoms with E-state index in [1.165, 1.54) is 19.3 Å². The Balaban J connectivity index is 2.23. The molecule has 0 saturated carbocycles. The van der Waals surface area contributed by atoms with Gasteiger partial charge < -0.3 is 5.73 Å². The maximum atomic E-state index is 6.01. The Morgan fingerprint density at radius 2 is 2.21 bits per heavy atom. The number of hydrogen-bond donors (Lipinski definition) is 1. The summed E-state index contributed by atoms with van der Waals surface area (Å²) in [6.07, 6.45) is 7.64. The molecule has 1 rings (SSSR count). The summed E-state index contributed by atoms with van der Waals surface area (Å²) < 4.78 is 0. The fourth-order valence-electron chi connectivity index (χ4n) is 1.55. The highest BCUT2D eigenvalue weighted by atomic mass is 14.7. The molecule has 0 saturated heterocycles. The number of hydrogen-bond acceptors (Lipinski definition) is 2. The third-order valence-electron chi connectivity index (χ3n) is 2.38. The minimum Gasteiger partial charge on any atom is -0.327 e. The monoisotopic (exact) mass is 192 g/mol. The smallest absolute Gasteiger partial charge is 0.0419 e. The number of nitrogens with zero attached hydrogens (tertiary/aromatic N) is 1. The molecule has 0 aliphatic heterocycles. The maximum absolute atomic E-state index is 6.01. The summed E-state index contributed by atoms with van der Waals surface area (Å²) in [4.78, 5) is 4.27. The average molecular weight is 192 g/mol. The molecule has 0 aromatic carbocycles. The van der Waals surface area contributed by atoms with Crippen LogP contribution in [0.3, 0.4) is 0 Å². The molecule has 0 bridgehead atoms. The molecule has 0 fully saturated rings. The summed E-state index contributed by atoms with van der Waals surface area (Å²) >= 11 is 0. The fourth-order valence-corrected chi connectivity index (χ4v) is 1.55. The highest BCUT2D eigenvalue weighted by Crippen LogP contribution is 2.06. The van der Waals surface area contributed by atoms with Crippen LogP contribution in [0.1, 0.15) is 38.3 Å². The maximum Gasteiger partial charge on any atom is 0.0419 e. The number of pyridine rings is 1. The van der Waals surface area contributed by atoms with Crippen LogP contribution in [0.2, 0.25) is 0 Å². The lowest BCUT2D eigenvalue weighted by Gasteiger charge is -2.10. The quantitative estimate of drug-likeness (QED) is 0.703. The van der Waals surface area contributed by atoms with Crippen molar-refractivity contribution in [2.75, 3.05) is 0 Å². The first-order chi connectivity index (χ1) is 6.83. The molecule has 1 aromatic heterocycles. The number of aromatic nitrogens is 1. The second-order valence-electron chi connectivity index (χ2n) is 3.78. The topological polar surface area (TPSA) is 38.9 Å². The van der Waals surface area contributed by atoms with Crippen LogP contribution in [0.15, 0.2) is 24.4 Å². The van der Waals surface area contributed by atoms with Gasteiger partial charge in [-0.2, -0.15) is 0 Å². The lowest BCUT2D eigenvalue weighted by molar-refractivity contribution is 0.553. The van der Waals surface area contributed by atoms with E-state index in [0.29, 0.717) is 0 Å². The molecule has 0 amide bonds. The molecule has 1 heterocycles. The minimum atomic E-state index is 0.274. The van der Waals surface area contributed by atoms with Crippen LogP contribution in [0.25, 0.3) is 0 Å². The van der Waals surface area contributed by atoms with Crippen molar-refractivity contribution in [3.8, 4) is 0 Å². The van der Waals surface area contributed by atoms with Crippen LogP contribution in [0.5, 0.6) is 0 Å². The molecular formula is C12H20N2. The summed E-state index contributed by atoms with van der Waals surface area (Å²) in [6, 6.07) is 6.27. The molecule has 1 atom stereocenters. The van der Waals surface area contributed by atoms with E-state index in [9.17, 15) is 0 Å². The summed E-state index contributed by atoms with van der Waals surface area (Å²) in [5.41, 5.74) is 7.11. The molecule has 0 spiro atoms. The third-order valence-corrected chi connectivity index (χ3v) is 2.38. The van der Waals surface area contributed by atoms with Gasteiger partial charge in [-0.3, -0.25) is 4.98 Å². The standard InChI is InChI=1S/C12H20N2/c1-2-3-4-7-11(13)10-12-8-5-6-9-14-12/h5-6,8-9,11H,2-4,7,10,13H2,1H3. The van der Waals surface area contributed by atoms with E-state index >= 15 is 0 Å². The highest BCUT2D eigenvalue weighted by molar-refractivity contribution is 5.04. The van der Waals surface area contributed by atoms with E-state index in [0.717, 1.165) is 18.5 Å². The molecule has 0 aliphatic rings. The molecule has 78 valence electrons. The normalized spacial score (nSPS) is 12.7. The Bertz CT molecular complexity index is 233. The molecule has 14 heavy (non-hydrogen) atoms. The van der Waals surface area contributed by atoms with Crippen molar-refractivity contribution in [1.29, 1.82) is 0 Å². The van der Waals surface area contributed by atoms with E-state index in [1.54, 1.807) is 0 Å². The second kappa shape index (κ2) is 6.55. The SMILES string of the molecule is CCCCCC(N)Cc1ccccn1. The largest absolute Gasteiger partial charge is 0.327 e. The predicted octanol–water partition coefficient (Wildman–Crippen LogP) is 2.53. The first kappa shape index (κ1) is 11.2. The van der Waals surface area contributed by atoms with Gasteiger partial charge in [-0.05, 0) is 18.6 Å². The lowest BCUT2D eigenvalue weighted by atomic mass is 10.0. The molecule has 2 N–H and O–H groups in total. The predicted molar refractivity (Wildman–Crippen MR) is 60.1 cm³/mol. The second-order valence-corrected chi connectivity index (χ2v) is 3.78. The van der Waals surface area contributed by atoms with E-state index in [1.807, 2.05) is 24.4 Å². The Hall–Kier alpha value is -0.890. The summed E-state index contributed by atoms with van der Waals surface area (Å²) in [6.45, 7) is 2.21. The summed E-state index contributed by atoms with van der Waals surface area (Å²) in [5.74, 6) is 0. The zero-order valence-electron chi connectivity index (χ0n) is 8.95. The van der Waals surface area contributed by atoms with Crippen LogP contribution in [-0.4, -0.2) is 11.0 Å². The van der Waals surface area contributed by atoms with Gasteiger partial charge in [0.05, 0.1) is 0 Å². The number of rotatable bonds is 6. The van der Waals surface area contributed by atoms with Gasteiger partial charge in [-0.15, -0.1) is 0 Å². The van der Waals surface area contributed by atoms with Crippen molar-refractivity contribution in [3.63, 3.8) is 0 Å². The molecule has 1 unspecified atom stereocenters. The Kier molecular flexibility index (Phi) is 5.23. The Labute approximate surface area is 86.5 Å². The molecule has 1 aromatic rings. The fraction of sp³-hybridized carbons (Fsp3) is 0.583. The van der Waals surface area contributed by atoms with Crippen molar-refractivity contribution in [2.24, 2.45) is 5.73 Å². The van der Waals surface area contributed by atoms with Gasteiger partial charge in [-0.25, -0.2) is 0 Å². The van der Waals surface area contributed by atoms with Crippen molar-refractivity contribution < 1.29 is 0 Å². The van der Waals surface area contributed by atoms with Gasteiger partial charge in [0.1, 0.15) is 0 Å².